The van der Waals surface area contributed by atoms with Crippen LogP contribution in [-0.4, -0.2) is 52.7 Å². The summed E-state index contributed by atoms with van der Waals surface area (Å²) in [5.74, 6) is -1.66. The number of carboxylic acid groups (broad SMARTS) is 1. The smallest absolute Gasteiger partial charge is 0.407 e. The Hall–Kier alpha value is -3.35. The SMILES string of the molecule is CC(NC(=O)OCC1c2ccccc2-c2ccccc21)C(=O)N1C2CCC1C(C(=O)O)C2. The maximum absolute atomic E-state index is 13.0. The number of hydrogen-bond donors (Lipinski definition) is 2. The van der Waals surface area contributed by atoms with Crippen molar-refractivity contribution in [2.45, 2.75) is 50.2 Å². The van der Waals surface area contributed by atoms with Gasteiger partial charge in [0.2, 0.25) is 5.91 Å². The maximum Gasteiger partial charge on any atom is 0.407 e. The first kappa shape index (κ1) is 20.5. The molecule has 166 valence electrons. The van der Waals surface area contributed by atoms with E-state index < -0.39 is 24.0 Å². The third-order valence-electron chi connectivity index (χ3n) is 7.16. The van der Waals surface area contributed by atoms with Gasteiger partial charge in [0.05, 0.1) is 5.92 Å². The number of amides is 2. The molecule has 7 nitrogen and oxygen atoms in total. The standard InChI is InChI=1S/C25H26N2O5/c1-14(23(28)27-15-10-11-22(27)20(12-15)24(29)30)26-25(31)32-13-21-18-8-4-2-6-16(18)17-7-3-5-9-19(17)21/h2-9,14-15,20-22H,10-13H2,1H3,(H,26,31)(H,29,30). The van der Waals surface area contributed by atoms with Gasteiger partial charge in [0, 0.05) is 18.0 Å². The number of hydrogen-bond acceptors (Lipinski definition) is 4. The number of carbonyl (C=O) groups is 3. The van der Waals surface area contributed by atoms with Gasteiger partial charge in [0.15, 0.2) is 0 Å². The first-order valence-electron chi connectivity index (χ1n) is 11.1. The topological polar surface area (TPSA) is 95.9 Å². The molecular formula is C25H26N2O5. The molecule has 4 atom stereocenters. The first-order valence-corrected chi connectivity index (χ1v) is 11.1. The van der Waals surface area contributed by atoms with E-state index in [9.17, 15) is 19.5 Å². The zero-order valence-corrected chi connectivity index (χ0v) is 17.9. The number of nitrogens with zero attached hydrogens (tertiary/aromatic N) is 1. The van der Waals surface area contributed by atoms with E-state index in [-0.39, 0.29) is 30.5 Å². The highest BCUT2D eigenvalue weighted by atomic mass is 16.5. The predicted octanol–water partition coefficient (Wildman–Crippen LogP) is 3.38. The van der Waals surface area contributed by atoms with Crippen molar-refractivity contribution >= 4 is 18.0 Å². The average Bonchev–Trinajstić information content (AvgIpc) is 3.47. The molecule has 2 bridgehead atoms. The predicted molar refractivity (Wildman–Crippen MR) is 117 cm³/mol. The summed E-state index contributed by atoms with van der Waals surface area (Å²) < 4.78 is 5.54. The van der Waals surface area contributed by atoms with Gasteiger partial charge in [0.25, 0.3) is 0 Å². The molecule has 1 aliphatic carbocycles. The summed E-state index contributed by atoms with van der Waals surface area (Å²) in [6, 6.07) is 15.1. The molecule has 0 aromatic heterocycles. The van der Waals surface area contributed by atoms with Crippen LogP contribution >= 0.6 is 0 Å². The van der Waals surface area contributed by atoms with Crippen molar-refractivity contribution in [3.63, 3.8) is 0 Å². The number of nitrogens with one attached hydrogen (secondary N) is 1. The lowest BCUT2D eigenvalue weighted by atomic mass is 9.89. The van der Waals surface area contributed by atoms with Crippen LogP contribution in [0.4, 0.5) is 4.79 Å². The number of benzene rings is 2. The van der Waals surface area contributed by atoms with Crippen LogP contribution in [0.25, 0.3) is 11.1 Å². The summed E-state index contributed by atoms with van der Waals surface area (Å²) in [4.78, 5) is 38.6. The molecule has 2 aliphatic heterocycles. The molecular weight excluding hydrogens is 408 g/mol. The lowest BCUT2D eigenvalue weighted by molar-refractivity contribution is -0.143. The van der Waals surface area contributed by atoms with Crippen molar-refractivity contribution in [2.24, 2.45) is 5.92 Å². The Labute approximate surface area is 186 Å². The van der Waals surface area contributed by atoms with Gasteiger partial charge in [-0.15, -0.1) is 0 Å². The Bertz CT molecular complexity index is 1040. The van der Waals surface area contributed by atoms with Crippen LogP contribution in [0.2, 0.25) is 0 Å². The quantitative estimate of drug-likeness (QED) is 0.752. The fraction of sp³-hybridized carbons (Fsp3) is 0.400. The van der Waals surface area contributed by atoms with Crippen molar-refractivity contribution < 1.29 is 24.2 Å². The van der Waals surface area contributed by atoms with Crippen LogP contribution in [0.5, 0.6) is 0 Å². The zero-order valence-electron chi connectivity index (χ0n) is 17.9. The molecule has 2 saturated heterocycles. The number of fused-ring (bicyclic) bond motifs is 5. The molecule has 2 aromatic carbocycles. The third-order valence-corrected chi connectivity index (χ3v) is 7.16. The molecule has 0 saturated carbocycles. The molecule has 7 heteroatoms. The van der Waals surface area contributed by atoms with E-state index in [0.717, 1.165) is 28.7 Å². The van der Waals surface area contributed by atoms with E-state index in [0.29, 0.717) is 12.8 Å². The zero-order chi connectivity index (χ0) is 22.4. The first-order chi connectivity index (χ1) is 15.5. The van der Waals surface area contributed by atoms with Gasteiger partial charge in [-0.2, -0.15) is 0 Å². The van der Waals surface area contributed by atoms with Gasteiger partial charge in [-0.1, -0.05) is 48.5 Å². The van der Waals surface area contributed by atoms with Crippen LogP contribution < -0.4 is 5.32 Å². The molecule has 2 fully saturated rings. The van der Waals surface area contributed by atoms with Crippen LogP contribution in [0.3, 0.4) is 0 Å². The molecule has 3 aliphatic rings. The molecule has 2 aromatic rings. The Morgan fingerprint density at radius 3 is 2.28 bits per heavy atom. The summed E-state index contributed by atoms with van der Waals surface area (Å²) in [6.07, 6.45) is 1.36. The lowest BCUT2D eigenvalue weighted by Crippen LogP contribution is -2.49. The molecule has 4 unspecified atom stereocenters. The number of aliphatic carboxylic acids is 1. The maximum atomic E-state index is 13.0. The highest BCUT2D eigenvalue weighted by molar-refractivity contribution is 5.87. The molecule has 0 spiro atoms. The fourth-order valence-electron chi connectivity index (χ4n) is 5.70. The van der Waals surface area contributed by atoms with Crippen LogP contribution in [0.1, 0.15) is 43.2 Å². The number of rotatable bonds is 5. The number of carbonyl (C=O) groups excluding carboxylic acids is 2. The Morgan fingerprint density at radius 1 is 1.06 bits per heavy atom. The second-order valence-corrected chi connectivity index (χ2v) is 8.92. The number of ether oxygens (including phenoxy) is 1. The van der Waals surface area contributed by atoms with E-state index in [1.165, 1.54) is 0 Å². The third kappa shape index (κ3) is 3.32. The summed E-state index contributed by atoms with van der Waals surface area (Å²) >= 11 is 0. The Balaban J connectivity index is 1.22. The van der Waals surface area contributed by atoms with Gasteiger partial charge in [-0.05, 0) is 48.4 Å². The van der Waals surface area contributed by atoms with Crippen molar-refractivity contribution in [2.75, 3.05) is 6.61 Å². The van der Waals surface area contributed by atoms with Gasteiger partial charge < -0.3 is 20.1 Å². The second kappa shape index (κ2) is 7.97. The summed E-state index contributed by atoms with van der Waals surface area (Å²) in [7, 11) is 0. The van der Waals surface area contributed by atoms with Crippen molar-refractivity contribution in [3.05, 3.63) is 59.7 Å². The normalized spacial score (nSPS) is 24.0. The van der Waals surface area contributed by atoms with Gasteiger partial charge in [0.1, 0.15) is 12.6 Å². The Kier molecular flexibility index (Phi) is 5.12. The molecule has 2 amide bonds. The van der Waals surface area contributed by atoms with E-state index >= 15 is 0 Å². The van der Waals surface area contributed by atoms with Crippen LogP contribution in [0.15, 0.2) is 48.5 Å². The fourth-order valence-corrected chi connectivity index (χ4v) is 5.70. The van der Waals surface area contributed by atoms with Crippen LogP contribution in [0, 0.1) is 5.92 Å². The molecule has 2 heterocycles. The monoisotopic (exact) mass is 434 g/mol. The van der Waals surface area contributed by atoms with E-state index in [1.54, 1.807) is 11.8 Å². The van der Waals surface area contributed by atoms with E-state index in [2.05, 4.69) is 29.6 Å². The average molecular weight is 434 g/mol. The molecule has 32 heavy (non-hydrogen) atoms. The van der Waals surface area contributed by atoms with Gasteiger partial charge in [-0.3, -0.25) is 9.59 Å². The van der Waals surface area contributed by atoms with Crippen molar-refractivity contribution in [1.82, 2.24) is 10.2 Å². The van der Waals surface area contributed by atoms with Crippen LogP contribution in [-0.2, 0) is 14.3 Å². The summed E-state index contributed by atoms with van der Waals surface area (Å²) in [5, 5.41) is 12.0. The number of alkyl carbamates (subject to hydrolysis) is 1. The summed E-state index contributed by atoms with van der Waals surface area (Å²) in [5.41, 5.74) is 4.55. The van der Waals surface area contributed by atoms with E-state index in [1.807, 2.05) is 24.3 Å². The lowest BCUT2D eigenvalue weighted by Gasteiger charge is -2.26. The van der Waals surface area contributed by atoms with Gasteiger partial charge in [-0.25, -0.2) is 4.79 Å². The molecule has 5 rings (SSSR count). The minimum absolute atomic E-state index is 0.0510. The number of carboxylic acids is 1. The minimum atomic E-state index is -0.854. The Morgan fingerprint density at radius 2 is 1.69 bits per heavy atom. The molecule has 0 radical (unpaired) electrons. The molecule has 2 N–H and O–H groups in total. The second-order valence-electron chi connectivity index (χ2n) is 8.92. The summed E-state index contributed by atoms with van der Waals surface area (Å²) in [6.45, 7) is 1.80. The minimum Gasteiger partial charge on any atom is -0.481 e. The van der Waals surface area contributed by atoms with Crippen molar-refractivity contribution in [3.8, 4) is 11.1 Å². The van der Waals surface area contributed by atoms with Crippen molar-refractivity contribution in [1.29, 1.82) is 0 Å². The van der Waals surface area contributed by atoms with E-state index in [4.69, 9.17) is 4.74 Å². The highest BCUT2D eigenvalue weighted by Crippen LogP contribution is 2.44. The van der Waals surface area contributed by atoms with Gasteiger partial charge >= 0.3 is 12.1 Å². The highest BCUT2D eigenvalue weighted by Gasteiger charge is 2.52. The largest absolute Gasteiger partial charge is 0.481 e.